The van der Waals surface area contributed by atoms with E-state index in [4.69, 9.17) is 10.5 Å². The predicted molar refractivity (Wildman–Crippen MR) is 63.9 cm³/mol. The Morgan fingerprint density at radius 2 is 2.12 bits per heavy atom. The smallest absolute Gasteiger partial charge is 0.310 e. The van der Waals surface area contributed by atoms with Crippen LogP contribution in [0.5, 0.6) is 0 Å². The third-order valence-corrected chi connectivity index (χ3v) is 3.58. The van der Waals surface area contributed by atoms with Gasteiger partial charge >= 0.3 is 5.97 Å². The van der Waals surface area contributed by atoms with Crippen molar-refractivity contribution in [2.24, 2.45) is 23.5 Å². The molecule has 1 fully saturated rings. The second-order valence-corrected chi connectivity index (χ2v) is 5.18. The lowest BCUT2D eigenvalue weighted by Gasteiger charge is -2.29. The van der Waals surface area contributed by atoms with E-state index in [2.05, 4.69) is 11.9 Å². The van der Waals surface area contributed by atoms with Crippen LogP contribution in [0, 0.1) is 17.8 Å². The molecule has 3 atom stereocenters. The van der Waals surface area contributed by atoms with E-state index >= 15 is 0 Å². The normalized spacial score (nSPS) is 25.8. The average molecular weight is 228 g/mol. The van der Waals surface area contributed by atoms with Crippen molar-refractivity contribution in [2.45, 2.75) is 26.3 Å². The molecular weight excluding hydrogens is 204 g/mol. The van der Waals surface area contributed by atoms with Gasteiger partial charge in [0.1, 0.15) is 0 Å². The fourth-order valence-electron chi connectivity index (χ4n) is 2.59. The Labute approximate surface area is 98.1 Å². The van der Waals surface area contributed by atoms with E-state index < -0.39 is 0 Å². The molecule has 2 N–H and O–H groups in total. The minimum absolute atomic E-state index is 0.0857. The van der Waals surface area contributed by atoms with Crippen LogP contribution in [0.25, 0.3) is 0 Å². The van der Waals surface area contributed by atoms with Crippen LogP contribution in [0.1, 0.15) is 20.3 Å². The van der Waals surface area contributed by atoms with Crippen molar-refractivity contribution in [3.05, 3.63) is 0 Å². The summed E-state index contributed by atoms with van der Waals surface area (Å²) in [6.45, 7) is 6.12. The SMILES string of the molecule is COC(=O)C(C(C)C)C(N)C1CCN(C)C1. The summed E-state index contributed by atoms with van der Waals surface area (Å²) < 4.78 is 4.85. The summed E-state index contributed by atoms with van der Waals surface area (Å²) in [4.78, 5) is 14.0. The van der Waals surface area contributed by atoms with E-state index in [1.165, 1.54) is 7.11 Å². The molecule has 0 spiro atoms. The fraction of sp³-hybridized carbons (Fsp3) is 0.917. The predicted octanol–water partition coefficient (Wildman–Crippen LogP) is 0.711. The summed E-state index contributed by atoms with van der Waals surface area (Å²) in [5.74, 6) is 0.295. The van der Waals surface area contributed by atoms with Crippen LogP contribution in [-0.2, 0) is 9.53 Å². The monoisotopic (exact) mass is 228 g/mol. The maximum Gasteiger partial charge on any atom is 0.310 e. The highest BCUT2D eigenvalue weighted by Gasteiger charge is 2.36. The Morgan fingerprint density at radius 1 is 1.50 bits per heavy atom. The first-order chi connectivity index (χ1) is 7.47. The number of carbonyl (C=O) groups excluding carboxylic acids is 1. The molecule has 1 aliphatic heterocycles. The molecule has 0 aromatic rings. The topological polar surface area (TPSA) is 55.6 Å². The summed E-state index contributed by atoms with van der Waals surface area (Å²) >= 11 is 0. The van der Waals surface area contributed by atoms with Crippen LogP contribution in [0.15, 0.2) is 0 Å². The van der Waals surface area contributed by atoms with E-state index in [1.807, 2.05) is 13.8 Å². The Kier molecular flexibility index (Phi) is 4.74. The van der Waals surface area contributed by atoms with Crippen molar-refractivity contribution in [1.82, 2.24) is 4.90 Å². The molecule has 1 saturated heterocycles. The number of likely N-dealkylation sites (tertiary alicyclic amines) is 1. The molecule has 3 unspecified atom stereocenters. The van der Waals surface area contributed by atoms with Crippen LogP contribution in [0.2, 0.25) is 0 Å². The number of ether oxygens (including phenoxy) is 1. The van der Waals surface area contributed by atoms with Gasteiger partial charge in [-0.3, -0.25) is 4.79 Å². The molecule has 4 nitrogen and oxygen atoms in total. The first kappa shape index (κ1) is 13.5. The summed E-state index contributed by atoms with van der Waals surface area (Å²) in [6, 6.07) is -0.0857. The number of esters is 1. The van der Waals surface area contributed by atoms with Gasteiger partial charge in [-0.15, -0.1) is 0 Å². The molecule has 4 heteroatoms. The quantitative estimate of drug-likeness (QED) is 0.720. The molecule has 0 aromatic carbocycles. The third kappa shape index (κ3) is 2.95. The van der Waals surface area contributed by atoms with E-state index in [-0.39, 0.29) is 23.8 Å². The van der Waals surface area contributed by atoms with Gasteiger partial charge in [-0.1, -0.05) is 13.8 Å². The van der Waals surface area contributed by atoms with Crippen molar-refractivity contribution in [3.8, 4) is 0 Å². The van der Waals surface area contributed by atoms with Gasteiger partial charge in [-0.05, 0) is 31.8 Å². The second-order valence-electron chi connectivity index (χ2n) is 5.18. The number of nitrogens with zero attached hydrogens (tertiary/aromatic N) is 1. The molecule has 0 aromatic heterocycles. The van der Waals surface area contributed by atoms with Gasteiger partial charge in [0.05, 0.1) is 13.0 Å². The summed E-state index contributed by atoms with van der Waals surface area (Å²) in [7, 11) is 3.53. The molecule has 1 rings (SSSR count). The van der Waals surface area contributed by atoms with Crippen LogP contribution in [-0.4, -0.2) is 44.2 Å². The molecule has 94 valence electrons. The summed E-state index contributed by atoms with van der Waals surface area (Å²) in [5.41, 5.74) is 6.24. The lowest BCUT2D eigenvalue weighted by atomic mass is 9.81. The zero-order chi connectivity index (χ0) is 12.3. The summed E-state index contributed by atoms with van der Waals surface area (Å²) in [6.07, 6.45) is 1.08. The number of nitrogens with two attached hydrogens (primary N) is 1. The van der Waals surface area contributed by atoms with Crippen LogP contribution in [0.3, 0.4) is 0 Å². The third-order valence-electron chi connectivity index (χ3n) is 3.58. The zero-order valence-electron chi connectivity index (χ0n) is 10.8. The average Bonchev–Trinajstić information content (AvgIpc) is 2.64. The highest BCUT2D eigenvalue weighted by molar-refractivity contribution is 5.73. The summed E-state index contributed by atoms with van der Waals surface area (Å²) in [5, 5.41) is 0. The molecular formula is C12H24N2O2. The molecule has 0 radical (unpaired) electrons. The van der Waals surface area contributed by atoms with Gasteiger partial charge in [0.2, 0.25) is 0 Å². The van der Waals surface area contributed by atoms with Gasteiger partial charge in [0.15, 0.2) is 0 Å². The van der Waals surface area contributed by atoms with Crippen LogP contribution < -0.4 is 5.73 Å². The lowest BCUT2D eigenvalue weighted by Crippen LogP contribution is -2.45. The highest BCUT2D eigenvalue weighted by Crippen LogP contribution is 2.26. The highest BCUT2D eigenvalue weighted by atomic mass is 16.5. The number of methoxy groups -OCH3 is 1. The number of carbonyl (C=O) groups is 1. The molecule has 0 aliphatic carbocycles. The van der Waals surface area contributed by atoms with Crippen molar-refractivity contribution in [2.75, 3.05) is 27.2 Å². The fourth-order valence-corrected chi connectivity index (χ4v) is 2.59. The van der Waals surface area contributed by atoms with Crippen molar-refractivity contribution < 1.29 is 9.53 Å². The Balaban J connectivity index is 2.67. The van der Waals surface area contributed by atoms with E-state index in [9.17, 15) is 4.79 Å². The molecule has 0 amide bonds. The maximum absolute atomic E-state index is 11.7. The number of hydrogen-bond donors (Lipinski definition) is 1. The zero-order valence-corrected chi connectivity index (χ0v) is 10.8. The van der Waals surface area contributed by atoms with Crippen LogP contribution >= 0.6 is 0 Å². The van der Waals surface area contributed by atoms with Gasteiger partial charge in [-0.25, -0.2) is 0 Å². The standard InChI is InChI=1S/C12H24N2O2/c1-8(2)10(12(15)16-4)11(13)9-5-6-14(3)7-9/h8-11H,5-7,13H2,1-4H3. The molecule has 0 bridgehead atoms. The van der Waals surface area contributed by atoms with Crippen molar-refractivity contribution in [1.29, 1.82) is 0 Å². The van der Waals surface area contributed by atoms with Gasteiger partial charge < -0.3 is 15.4 Å². The second kappa shape index (κ2) is 5.64. The number of hydrogen-bond acceptors (Lipinski definition) is 4. The largest absolute Gasteiger partial charge is 0.469 e. The molecule has 0 saturated carbocycles. The van der Waals surface area contributed by atoms with Gasteiger partial charge in [-0.2, -0.15) is 0 Å². The van der Waals surface area contributed by atoms with Crippen molar-refractivity contribution in [3.63, 3.8) is 0 Å². The maximum atomic E-state index is 11.7. The minimum Gasteiger partial charge on any atom is -0.469 e. The molecule has 16 heavy (non-hydrogen) atoms. The van der Waals surface area contributed by atoms with E-state index in [1.54, 1.807) is 0 Å². The first-order valence-electron chi connectivity index (χ1n) is 5.99. The minimum atomic E-state index is -0.179. The van der Waals surface area contributed by atoms with Crippen LogP contribution in [0.4, 0.5) is 0 Å². The molecule has 1 aliphatic rings. The van der Waals surface area contributed by atoms with E-state index in [0.717, 1.165) is 19.5 Å². The molecule has 1 heterocycles. The van der Waals surface area contributed by atoms with Gasteiger partial charge in [0.25, 0.3) is 0 Å². The lowest BCUT2D eigenvalue weighted by molar-refractivity contribution is -0.148. The number of rotatable bonds is 4. The Bertz CT molecular complexity index is 243. The Hall–Kier alpha value is -0.610. The Morgan fingerprint density at radius 3 is 2.50 bits per heavy atom. The van der Waals surface area contributed by atoms with Gasteiger partial charge in [0, 0.05) is 12.6 Å². The van der Waals surface area contributed by atoms with E-state index in [0.29, 0.717) is 5.92 Å². The first-order valence-corrected chi connectivity index (χ1v) is 5.99. The van der Waals surface area contributed by atoms with Crippen molar-refractivity contribution >= 4 is 5.97 Å².